The number of nitrogens with one attached hydrogen (secondary N) is 1. The molecule has 10 heteroatoms. The quantitative estimate of drug-likeness (QED) is 0.462. The van der Waals surface area contributed by atoms with Crippen LogP contribution in [0.25, 0.3) is 0 Å². The first-order valence-electron chi connectivity index (χ1n) is 8.71. The van der Waals surface area contributed by atoms with E-state index in [0.717, 1.165) is 6.07 Å². The third kappa shape index (κ3) is 6.85. The van der Waals surface area contributed by atoms with Gasteiger partial charge in [-0.3, -0.25) is 0 Å². The van der Waals surface area contributed by atoms with Crippen LogP contribution in [0.2, 0.25) is 5.02 Å². The van der Waals surface area contributed by atoms with E-state index in [9.17, 15) is 18.4 Å². The monoisotopic (exact) mass is 443 g/mol. The van der Waals surface area contributed by atoms with E-state index in [0.29, 0.717) is 16.1 Å². The van der Waals surface area contributed by atoms with Crippen molar-refractivity contribution in [2.24, 2.45) is 0 Å². The maximum Gasteiger partial charge on any atom is 0.406 e. The first kappa shape index (κ1) is 23.4. The van der Waals surface area contributed by atoms with Gasteiger partial charge in [-0.1, -0.05) is 23.7 Å². The summed E-state index contributed by atoms with van der Waals surface area (Å²) in [4.78, 5) is 23.2. The van der Waals surface area contributed by atoms with E-state index in [1.807, 2.05) is 0 Å². The fourth-order valence-corrected chi connectivity index (χ4v) is 2.84. The Hall–Kier alpha value is -2.91. The molecule has 0 fully saturated rings. The molecule has 0 radical (unpaired) electrons. The number of halogens is 3. The van der Waals surface area contributed by atoms with Crippen LogP contribution in [0.1, 0.15) is 27.6 Å². The molecule has 30 heavy (non-hydrogen) atoms. The van der Waals surface area contributed by atoms with Crippen LogP contribution in [0.5, 0.6) is 5.75 Å². The van der Waals surface area contributed by atoms with Crippen LogP contribution in [0.4, 0.5) is 13.6 Å². The van der Waals surface area contributed by atoms with Gasteiger partial charge in [0.2, 0.25) is 0 Å². The van der Waals surface area contributed by atoms with Gasteiger partial charge in [-0.05, 0) is 41.5 Å². The zero-order valence-corrected chi connectivity index (χ0v) is 16.9. The van der Waals surface area contributed by atoms with Gasteiger partial charge in [0, 0.05) is 11.6 Å². The smallest absolute Gasteiger partial charge is 0.406 e. The maximum atomic E-state index is 12.8. The number of alkyl carbamates (subject to hydrolysis) is 1. The number of ether oxygens (including phenoxy) is 4. The van der Waals surface area contributed by atoms with Crippen molar-refractivity contribution in [1.82, 2.24) is 5.32 Å². The van der Waals surface area contributed by atoms with Crippen molar-refractivity contribution in [3.63, 3.8) is 0 Å². The number of amides is 1. The third-order valence-corrected chi connectivity index (χ3v) is 4.11. The largest absolute Gasteiger partial charge is 0.465 e. The summed E-state index contributed by atoms with van der Waals surface area (Å²) < 4.78 is 45.0. The maximum absolute atomic E-state index is 12.8. The Bertz CT molecular complexity index is 880. The van der Waals surface area contributed by atoms with Crippen molar-refractivity contribution in [3.05, 3.63) is 64.2 Å². The Kier molecular flexibility index (Phi) is 8.82. The molecule has 0 aliphatic carbocycles. The van der Waals surface area contributed by atoms with Gasteiger partial charge in [0.1, 0.15) is 11.9 Å². The summed E-state index contributed by atoms with van der Waals surface area (Å²) in [6.45, 7) is -2.90. The Balaban J connectivity index is 2.40. The lowest BCUT2D eigenvalue weighted by molar-refractivity contribution is -0.0501. The topological polar surface area (TPSA) is 83.1 Å². The van der Waals surface area contributed by atoms with Crippen LogP contribution in [0.15, 0.2) is 42.5 Å². The van der Waals surface area contributed by atoms with Gasteiger partial charge in [-0.25, -0.2) is 9.59 Å². The van der Waals surface area contributed by atoms with Crippen molar-refractivity contribution in [1.29, 1.82) is 0 Å². The molecule has 2 aromatic rings. The fourth-order valence-electron chi connectivity index (χ4n) is 2.64. The third-order valence-electron chi connectivity index (χ3n) is 3.87. The molecule has 1 atom stereocenters. The highest BCUT2D eigenvalue weighted by Crippen LogP contribution is 2.32. The molecule has 7 nitrogen and oxygen atoms in total. The molecule has 0 aliphatic rings. The lowest BCUT2D eigenvalue weighted by atomic mass is 9.99. The van der Waals surface area contributed by atoms with Crippen LogP contribution >= 0.6 is 11.6 Å². The van der Waals surface area contributed by atoms with E-state index >= 15 is 0 Å². The zero-order valence-electron chi connectivity index (χ0n) is 16.2. The van der Waals surface area contributed by atoms with E-state index in [4.69, 9.17) is 16.3 Å². The van der Waals surface area contributed by atoms with E-state index in [-0.39, 0.29) is 24.5 Å². The minimum absolute atomic E-state index is 0.00830. The molecule has 0 aliphatic heterocycles. The molecule has 0 saturated carbocycles. The van der Waals surface area contributed by atoms with Crippen LogP contribution in [-0.2, 0) is 14.2 Å². The summed E-state index contributed by atoms with van der Waals surface area (Å²) in [5, 5.41) is 2.90. The highest BCUT2D eigenvalue weighted by atomic mass is 35.5. The number of carbonyl (C=O) groups is 2. The average molecular weight is 444 g/mol. The van der Waals surface area contributed by atoms with E-state index < -0.39 is 24.8 Å². The first-order valence-corrected chi connectivity index (χ1v) is 9.08. The molecule has 1 N–H and O–H groups in total. The summed E-state index contributed by atoms with van der Waals surface area (Å²) in [5.74, 6) is -0.959. The number of rotatable bonds is 9. The molecule has 1 amide bonds. The number of hydrogen-bond donors (Lipinski definition) is 1. The van der Waals surface area contributed by atoms with Crippen LogP contribution in [-0.4, -0.2) is 46.0 Å². The molecule has 0 bridgehead atoms. The van der Waals surface area contributed by atoms with E-state index in [1.54, 1.807) is 24.3 Å². The number of carbonyl (C=O) groups excluding carboxylic acids is 2. The van der Waals surface area contributed by atoms with Crippen LogP contribution in [0.3, 0.4) is 0 Å². The number of alkyl halides is 2. The molecule has 2 aromatic carbocycles. The molecular formula is C20H20ClF2NO6. The Morgan fingerprint density at radius 1 is 1.07 bits per heavy atom. The van der Waals surface area contributed by atoms with Crippen molar-refractivity contribution in [2.75, 3.05) is 27.4 Å². The first-order chi connectivity index (χ1) is 14.3. The van der Waals surface area contributed by atoms with Crippen molar-refractivity contribution in [3.8, 4) is 5.75 Å². The van der Waals surface area contributed by atoms with Crippen molar-refractivity contribution >= 4 is 23.7 Å². The van der Waals surface area contributed by atoms with Gasteiger partial charge in [-0.15, -0.1) is 0 Å². The van der Waals surface area contributed by atoms with Gasteiger partial charge in [0.15, 0.2) is 0 Å². The number of hydrogen-bond acceptors (Lipinski definition) is 6. The lowest BCUT2D eigenvalue weighted by Crippen LogP contribution is -2.27. The molecule has 0 aromatic heterocycles. The van der Waals surface area contributed by atoms with Gasteiger partial charge in [0.05, 0.1) is 26.4 Å². The Labute approximate surface area is 176 Å². The number of esters is 1. The second-order valence-corrected chi connectivity index (χ2v) is 6.32. The second kappa shape index (κ2) is 11.3. The van der Waals surface area contributed by atoms with Gasteiger partial charge < -0.3 is 24.3 Å². The minimum Gasteiger partial charge on any atom is -0.465 e. The normalized spacial score (nSPS) is 11.7. The molecule has 0 unspecified atom stereocenters. The summed E-state index contributed by atoms with van der Waals surface area (Å²) in [6, 6.07) is 10.6. The molecule has 0 spiro atoms. The fraction of sp³-hybridized carbons (Fsp3) is 0.300. The van der Waals surface area contributed by atoms with Crippen LogP contribution < -0.4 is 10.1 Å². The van der Waals surface area contributed by atoms with Crippen molar-refractivity contribution < 1.29 is 37.3 Å². The number of methoxy groups -OCH3 is 2. The average Bonchev–Trinajstić information content (AvgIpc) is 2.72. The molecule has 0 saturated heterocycles. The molecule has 2 rings (SSSR count). The summed E-state index contributed by atoms with van der Waals surface area (Å²) >= 11 is 6.08. The number of benzene rings is 2. The van der Waals surface area contributed by atoms with E-state index in [1.165, 1.54) is 26.4 Å². The SMILES string of the molecule is COC(=O)NCCO[C@@H](c1cccc(Cl)c1)c1cc(OC(F)F)cc(C(=O)OC)c1. The highest BCUT2D eigenvalue weighted by Gasteiger charge is 2.20. The summed E-state index contributed by atoms with van der Waals surface area (Å²) in [7, 11) is 2.40. The van der Waals surface area contributed by atoms with Gasteiger partial charge in [-0.2, -0.15) is 8.78 Å². The minimum atomic E-state index is -3.08. The van der Waals surface area contributed by atoms with E-state index in [2.05, 4.69) is 19.5 Å². The molecule has 162 valence electrons. The summed E-state index contributed by atoms with van der Waals surface area (Å²) in [5.41, 5.74) is 0.966. The predicted molar refractivity (Wildman–Crippen MR) is 104 cm³/mol. The zero-order chi connectivity index (χ0) is 22.1. The Morgan fingerprint density at radius 2 is 1.83 bits per heavy atom. The predicted octanol–water partition coefficient (Wildman–Crippen LogP) is 4.19. The second-order valence-electron chi connectivity index (χ2n) is 5.89. The van der Waals surface area contributed by atoms with Gasteiger partial charge >= 0.3 is 18.7 Å². The summed E-state index contributed by atoms with van der Waals surface area (Å²) in [6.07, 6.45) is -1.43. The van der Waals surface area contributed by atoms with Crippen LogP contribution in [0, 0.1) is 0 Å². The standard InChI is InChI=1S/C20H20ClF2NO6/c1-27-18(25)14-8-13(10-16(11-14)30-19(22)23)17(12-4-3-5-15(21)9-12)29-7-6-24-20(26)28-2/h3-5,8-11,17,19H,6-7H2,1-2H3,(H,24,26)/t17-/m0/s1. The lowest BCUT2D eigenvalue weighted by Gasteiger charge is -2.21. The highest BCUT2D eigenvalue weighted by molar-refractivity contribution is 6.30. The van der Waals surface area contributed by atoms with Gasteiger partial charge in [0.25, 0.3) is 0 Å². The molecular weight excluding hydrogens is 424 g/mol. The van der Waals surface area contributed by atoms with Crippen molar-refractivity contribution in [2.45, 2.75) is 12.7 Å². The Morgan fingerprint density at radius 3 is 2.47 bits per heavy atom. The molecule has 0 heterocycles.